The molecular weight excluding hydrogens is 242 g/mol. The van der Waals surface area contributed by atoms with Gasteiger partial charge in [-0.25, -0.2) is 0 Å². The molecule has 2 amide bonds. The second-order valence-electron chi connectivity index (χ2n) is 4.20. The summed E-state index contributed by atoms with van der Waals surface area (Å²) in [4.78, 5) is 22.6. The topological polar surface area (TPSA) is 82.0 Å². The molecule has 1 aromatic carbocycles. The van der Waals surface area contributed by atoms with Gasteiger partial charge >= 0.3 is 0 Å². The van der Waals surface area contributed by atoms with Crippen LogP contribution in [0.15, 0.2) is 24.3 Å². The predicted molar refractivity (Wildman–Crippen MR) is 71.1 cm³/mol. The van der Waals surface area contributed by atoms with Gasteiger partial charge < -0.3 is 10.6 Å². The third-order valence-electron chi connectivity index (χ3n) is 2.46. The number of carbonyl (C=O) groups is 2. The number of rotatable bonds is 6. The minimum absolute atomic E-state index is 0.0832. The van der Waals surface area contributed by atoms with Crippen molar-refractivity contribution in [2.45, 2.75) is 19.8 Å². The predicted octanol–water partition coefficient (Wildman–Crippen LogP) is 0.684. The molecule has 0 aliphatic rings. The molecule has 19 heavy (non-hydrogen) atoms. The van der Waals surface area contributed by atoms with Gasteiger partial charge in [0.1, 0.15) is 6.42 Å². The summed E-state index contributed by atoms with van der Waals surface area (Å²) < 4.78 is 0. The zero-order chi connectivity index (χ0) is 14.1. The van der Waals surface area contributed by atoms with Gasteiger partial charge in [0.05, 0.1) is 12.5 Å². The van der Waals surface area contributed by atoms with E-state index in [0.29, 0.717) is 19.5 Å². The van der Waals surface area contributed by atoms with Crippen LogP contribution in [0.1, 0.15) is 17.5 Å². The molecule has 5 nitrogen and oxygen atoms in total. The summed E-state index contributed by atoms with van der Waals surface area (Å²) in [7, 11) is 0. The van der Waals surface area contributed by atoms with Crippen molar-refractivity contribution in [1.82, 2.24) is 10.6 Å². The molecule has 1 rings (SSSR count). The molecule has 5 heteroatoms. The van der Waals surface area contributed by atoms with Gasteiger partial charge in [-0.1, -0.05) is 29.8 Å². The van der Waals surface area contributed by atoms with Crippen molar-refractivity contribution in [2.24, 2.45) is 0 Å². The van der Waals surface area contributed by atoms with Crippen LogP contribution in [0, 0.1) is 18.3 Å². The molecule has 0 bridgehead atoms. The number of amides is 2. The average Bonchev–Trinajstić information content (AvgIpc) is 2.35. The molecule has 2 N–H and O–H groups in total. The monoisotopic (exact) mass is 259 g/mol. The Hall–Kier alpha value is -2.35. The SMILES string of the molecule is Cc1cccc(CC(=O)NCCNC(=O)CC#N)c1. The molecule has 0 saturated carbocycles. The van der Waals surface area contributed by atoms with Gasteiger partial charge in [-0.2, -0.15) is 5.26 Å². The van der Waals surface area contributed by atoms with E-state index in [-0.39, 0.29) is 18.2 Å². The van der Waals surface area contributed by atoms with Crippen molar-refractivity contribution in [3.63, 3.8) is 0 Å². The summed E-state index contributed by atoms with van der Waals surface area (Å²) in [5.74, 6) is -0.407. The minimum atomic E-state index is -0.324. The Bertz CT molecular complexity index is 492. The van der Waals surface area contributed by atoms with Gasteiger partial charge in [0, 0.05) is 13.1 Å². The highest BCUT2D eigenvalue weighted by molar-refractivity contribution is 5.79. The first-order chi connectivity index (χ1) is 9.11. The fraction of sp³-hybridized carbons (Fsp3) is 0.357. The van der Waals surface area contributed by atoms with Gasteiger partial charge in [0.15, 0.2) is 0 Å². The first kappa shape index (κ1) is 14.7. The first-order valence-corrected chi connectivity index (χ1v) is 6.07. The number of aryl methyl sites for hydroxylation is 1. The lowest BCUT2D eigenvalue weighted by atomic mass is 10.1. The molecule has 0 atom stereocenters. The second kappa shape index (κ2) is 7.88. The van der Waals surface area contributed by atoms with Crippen molar-refractivity contribution in [1.29, 1.82) is 5.26 Å². The van der Waals surface area contributed by atoms with Crippen LogP contribution in [0.2, 0.25) is 0 Å². The number of hydrogen-bond acceptors (Lipinski definition) is 3. The molecule has 0 aliphatic carbocycles. The number of benzene rings is 1. The average molecular weight is 259 g/mol. The molecule has 0 aliphatic heterocycles. The summed E-state index contributed by atoms with van der Waals surface area (Å²) in [6.07, 6.45) is 0.172. The quantitative estimate of drug-likeness (QED) is 0.737. The van der Waals surface area contributed by atoms with Gasteiger partial charge in [-0.15, -0.1) is 0 Å². The summed E-state index contributed by atoms with van der Waals surface area (Å²) in [6.45, 7) is 2.67. The van der Waals surface area contributed by atoms with E-state index < -0.39 is 0 Å². The van der Waals surface area contributed by atoms with Crippen LogP contribution in [0.5, 0.6) is 0 Å². The van der Waals surface area contributed by atoms with Crippen LogP contribution in [-0.4, -0.2) is 24.9 Å². The van der Waals surface area contributed by atoms with Crippen LogP contribution >= 0.6 is 0 Å². The summed E-state index contributed by atoms with van der Waals surface area (Å²) in [6, 6.07) is 9.52. The Labute approximate surface area is 112 Å². The fourth-order valence-corrected chi connectivity index (χ4v) is 1.61. The maximum Gasteiger partial charge on any atom is 0.234 e. The van der Waals surface area contributed by atoms with E-state index in [9.17, 15) is 9.59 Å². The van der Waals surface area contributed by atoms with Gasteiger partial charge in [-0.3, -0.25) is 9.59 Å². The van der Waals surface area contributed by atoms with Crippen LogP contribution in [-0.2, 0) is 16.0 Å². The zero-order valence-electron chi connectivity index (χ0n) is 10.9. The van der Waals surface area contributed by atoms with Gasteiger partial charge in [0.2, 0.25) is 11.8 Å². The van der Waals surface area contributed by atoms with Crippen LogP contribution < -0.4 is 10.6 Å². The lowest BCUT2D eigenvalue weighted by molar-refractivity contribution is -0.122. The standard InChI is InChI=1S/C14H17N3O2/c1-11-3-2-4-12(9-11)10-14(19)17-8-7-16-13(18)5-6-15/h2-4,9H,5,7-8,10H2,1H3,(H,16,18)(H,17,19). The largest absolute Gasteiger partial charge is 0.354 e. The van der Waals surface area contributed by atoms with Crippen molar-refractivity contribution in [3.8, 4) is 6.07 Å². The number of carbonyl (C=O) groups excluding carboxylic acids is 2. The van der Waals surface area contributed by atoms with E-state index in [1.165, 1.54) is 0 Å². The van der Waals surface area contributed by atoms with Crippen LogP contribution in [0.25, 0.3) is 0 Å². The summed E-state index contributed by atoms with van der Waals surface area (Å²) in [5.41, 5.74) is 2.08. The Kier molecular flexibility index (Phi) is 6.10. The highest BCUT2D eigenvalue weighted by Crippen LogP contribution is 2.04. The normalized spacial score (nSPS) is 9.47. The van der Waals surface area contributed by atoms with E-state index in [2.05, 4.69) is 10.6 Å². The molecule has 0 heterocycles. The Morgan fingerprint density at radius 3 is 2.53 bits per heavy atom. The third-order valence-corrected chi connectivity index (χ3v) is 2.46. The first-order valence-electron chi connectivity index (χ1n) is 6.07. The van der Waals surface area contributed by atoms with E-state index in [1.54, 1.807) is 6.07 Å². The van der Waals surface area contributed by atoms with Crippen molar-refractivity contribution in [3.05, 3.63) is 35.4 Å². The zero-order valence-corrected chi connectivity index (χ0v) is 10.9. The maximum atomic E-state index is 11.6. The molecule has 0 saturated heterocycles. The fourth-order valence-electron chi connectivity index (χ4n) is 1.61. The number of hydrogen-bond donors (Lipinski definition) is 2. The van der Waals surface area contributed by atoms with Crippen molar-refractivity contribution < 1.29 is 9.59 Å². The number of nitrogens with one attached hydrogen (secondary N) is 2. The molecule has 0 aromatic heterocycles. The van der Waals surface area contributed by atoms with Crippen LogP contribution in [0.4, 0.5) is 0 Å². The minimum Gasteiger partial charge on any atom is -0.354 e. The summed E-state index contributed by atoms with van der Waals surface area (Å²) >= 11 is 0. The molecule has 1 aromatic rings. The number of nitrogens with zero attached hydrogens (tertiary/aromatic N) is 1. The van der Waals surface area contributed by atoms with Gasteiger partial charge in [0.25, 0.3) is 0 Å². The smallest absolute Gasteiger partial charge is 0.234 e. The van der Waals surface area contributed by atoms with E-state index in [0.717, 1.165) is 11.1 Å². The second-order valence-corrected chi connectivity index (χ2v) is 4.20. The van der Waals surface area contributed by atoms with Crippen LogP contribution in [0.3, 0.4) is 0 Å². The van der Waals surface area contributed by atoms with E-state index in [4.69, 9.17) is 5.26 Å². The third kappa shape index (κ3) is 6.22. The lowest BCUT2D eigenvalue weighted by Gasteiger charge is -2.06. The lowest BCUT2D eigenvalue weighted by Crippen LogP contribution is -2.35. The highest BCUT2D eigenvalue weighted by Gasteiger charge is 2.03. The van der Waals surface area contributed by atoms with E-state index >= 15 is 0 Å². The maximum absolute atomic E-state index is 11.6. The molecule has 0 radical (unpaired) electrons. The molecule has 0 fully saturated rings. The van der Waals surface area contributed by atoms with Gasteiger partial charge in [-0.05, 0) is 12.5 Å². The van der Waals surface area contributed by atoms with E-state index in [1.807, 2.05) is 31.2 Å². The van der Waals surface area contributed by atoms with Crippen molar-refractivity contribution >= 4 is 11.8 Å². The number of nitriles is 1. The Morgan fingerprint density at radius 1 is 1.21 bits per heavy atom. The highest BCUT2D eigenvalue weighted by atomic mass is 16.2. The Morgan fingerprint density at radius 2 is 1.89 bits per heavy atom. The Balaban J connectivity index is 2.22. The van der Waals surface area contributed by atoms with Crippen molar-refractivity contribution in [2.75, 3.05) is 13.1 Å². The molecule has 0 unspecified atom stereocenters. The molecule has 100 valence electrons. The molecular formula is C14H17N3O2. The summed E-state index contributed by atoms with van der Waals surface area (Å²) in [5, 5.41) is 13.5. The molecule has 0 spiro atoms.